The van der Waals surface area contributed by atoms with E-state index in [0.29, 0.717) is 5.15 Å². The van der Waals surface area contributed by atoms with Gasteiger partial charge in [-0.2, -0.15) is 0 Å². The molecule has 0 atom stereocenters. The van der Waals surface area contributed by atoms with Crippen LogP contribution in [0.5, 0.6) is 5.75 Å². The minimum absolute atomic E-state index is 0.155. The van der Waals surface area contributed by atoms with Gasteiger partial charge in [-0.1, -0.05) is 11.6 Å². The summed E-state index contributed by atoms with van der Waals surface area (Å²) in [5.41, 5.74) is 0.278. The van der Waals surface area contributed by atoms with Gasteiger partial charge >= 0.3 is 0 Å². The van der Waals surface area contributed by atoms with Gasteiger partial charge in [0.15, 0.2) is 0 Å². The van der Waals surface area contributed by atoms with Crippen LogP contribution in [0.15, 0.2) is 48.8 Å². The van der Waals surface area contributed by atoms with E-state index in [1.807, 2.05) is 37.3 Å². The zero-order chi connectivity index (χ0) is 18.9. The molecule has 0 amide bonds. The van der Waals surface area contributed by atoms with E-state index < -0.39 is 5.60 Å². The molecule has 0 spiro atoms. The molecular weight excluding hydrogens is 362 g/mol. The van der Waals surface area contributed by atoms with Gasteiger partial charge in [-0.3, -0.25) is 0 Å². The highest BCUT2D eigenvalue weighted by Crippen LogP contribution is 2.32. The third kappa shape index (κ3) is 4.31. The van der Waals surface area contributed by atoms with Gasteiger partial charge < -0.3 is 15.2 Å². The number of fused-ring (bicyclic) bond motifs is 1. The Labute approximate surface area is 163 Å². The number of rotatable bonds is 4. The summed E-state index contributed by atoms with van der Waals surface area (Å²) in [7, 11) is 0. The normalized spacial score (nSPS) is 22.6. The first kappa shape index (κ1) is 18.0. The fraction of sp³-hybridized carbons (Fsp3) is 0.333. The lowest BCUT2D eigenvalue weighted by molar-refractivity contribution is -0.0108. The van der Waals surface area contributed by atoms with E-state index >= 15 is 0 Å². The van der Waals surface area contributed by atoms with E-state index in [1.165, 1.54) is 0 Å². The maximum Gasteiger partial charge on any atom is 0.138 e. The predicted molar refractivity (Wildman–Crippen MR) is 108 cm³/mol. The Hall–Kier alpha value is -2.37. The summed E-state index contributed by atoms with van der Waals surface area (Å²) in [5.74, 6) is 1.61. The van der Waals surface area contributed by atoms with Crippen molar-refractivity contribution >= 4 is 33.9 Å². The number of halogens is 1. The van der Waals surface area contributed by atoms with Crippen molar-refractivity contribution in [3.05, 3.63) is 53.9 Å². The highest BCUT2D eigenvalue weighted by atomic mass is 35.5. The quantitative estimate of drug-likeness (QED) is 0.613. The van der Waals surface area contributed by atoms with Crippen molar-refractivity contribution in [1.82, 2.24) is 9.97 Å². The van der Waals surface area contributed by atoms with Crippen LogP contribution in [0, 0.1) is 0 Å². The number of hydrogen-bond acceptors (Lipinski definition) is 5. The number of ether oxygens (including phenoxy) is 1. The first-order valence-corrected chi connectivity index (χ1v) is 9.53. The van der Waals surface area contributed by atoms with Crippen LogP contribution in [0.2, 0.25) is 5.15 Å². The lowest BCUT2D eigenvalue weighted by Gasteiger charge is -2.33. The van der Waals surface area contributed by atoms with Gasteiger partial charge in [0.05, 0.1) is 23.6 Å². The number of nitrogens with zero attached hydrogens (tertiary/aromatic N) is 2. The number of anilines is 2. The smallest absolute Gasteiger partial charge is 0.138 e. The van der Waals surface area contributed by atoms with Crippen molar-refractivity contribution in [2.24, 2.45) is 0 Å². The molecular formula is C21H22ClN3O2. The van der Waals surface area contributed by atoms with Crippen LogP contribution in [0.4, 0.5) is 11.5 Å². The van der Waals surface area contributed by atoms with Crippen molar-refractivity contribution in [2.75, 3.05) is 5.32 Å². The standard InChI is InChI=1S/C21H22ClN3O2/c1-21(26)9-6-16(7-10-21)27-17-3-4-18-14(12-17)8-11-23-20(18)25-15-2-5-19(22)24-13-15/h2-5,8,11-13,16,26H,6-7,9-10H2,1H3,(H,23,25)/t16-,21-. The lowest BCUT2D eigenvalue weighted by Crippen LogP contribution is -2.34. The summed E-state index contributed by atoms with van der Waals surface area (Å²) in [6.07, 6.45) is 6.91. The van der Waals surface area contributed by atoms with Gasteiger partial charge in [0.2, 0.25) is 0 Å². The summed E-state index contributed by atoms with van der Waals surface area (Å²) in [4.78, 5) is 8.53. The second-order valence-corrected chi connectivity index (χ2v) is 7.74. The lowest BCUT2D eigenvalue weighted by atomic mass is 9.85. The Morgan fingerprint density at radius 3 is 2.70 bits per heavy atom. The fourth-order valence-electron chi connectivity index (χ4n) is 3.44. The predicted octanol–water partition coefficient (Wildman–Crippen LogP) is 5.10. The Kier molecular flexibility index (Phi) is 4.89. The Bertz CT molecular complexity index is 934. The molecule has 1 aromatic carbocycles. The minimum atomic E-state index is -0.550. The molecule has 1 fully saturated rings. The van der Waals surface area contributed by atoms with Crippen molar-refractivity contribution in [2.45, 2.75) is 44.3 Å². The second-order valence-electron chi connectivity index (χ2n) is 7.35. The van der Waals surface area contributed by atoms with E-state index in [4.69, 9.17) is 16.3 Å². The molecule has 140 valence electrons. The number of hydrogen-bond donors (Lipinski definition) is 2. The number of benzene rings is 1. The molecule has 0 saturated heterocycles. The summed E-state index contributed by atoms with van der Waals surface area (Å²) < 4.78 is 6.15. The van der Waals surface area contributed by atoms with Crippen LogP contribution in [0.1, 0.15) is 32.6 Å². The maximum absolute atomic E-state index is 10.1. The molecule has 1 aliphatic carbocycles. The molecule has 1 saturated carbocycles. The molecule has 2 heterocycles. The van der Waals surface area contributed by atoms with Crippen LogP contribution in [-0.2, 0) is 0 Å². The van der Waals surface area contributed by atoms with Gasteiger partial charge in [-0.05, 0) is 74.4 Å². The maximum atomic E-state index is 10.1. The largest absolute Gasteiger partial charge is 0.490 e. The molecule has 4 rings (SSSR count). The Morgan fingerprint density at radius 2 is 1.96 bits per heavy atom. The van der Waals surface area contributed by atoms with Crippen LogP contribution in [0.3, 0.4) is 0 Å². The first-order chi connectivity index (χ1) is 13.0. The highest BCUT2D eigenvalue weighted by molar-refractivity contribution is 6.29. The molecule has 0 unspecified atom stereocenters. The summed E-state index contributed by atoms with van der Waals surface area (Å²) in [5, 5.41) is 15.9. The molecule has 0 radical (unpaired) electrons. The Balaban J connectivity index is 1.52. The summed E-state index contributed by atoms with van der Waals surface area (Å²) in [6, 6.07) is 11.6. The molecule has 1 aliphatic rings. The van der Waals surface area contributed by atoms with Crippen LogP contribution < -0.4 is 10.1 Å². The van der Waals surface area contributed by atoms with Gasteiger partial charge in [-0.25, -0.2) is 9.97 Å². The van der Waals surface area contributed by atoms with Gasteiger partial charge in [0, 0.05) is 11.6 Å². The number of pyridine rings is 2. The van der Waals surface area contributed by atoms with E-state index in [0.717, 1.165) is 53.7 Å². The fourth-order valence-corrected chi connectivity index (χ4v) is 3.55. The van der Waals surface area contributed by atoms with Crippen LogP contribution in [-0.4, -0.2) is 26.8 Å². The second kappa shape index (κ2) is 7.33. The van der Waals surface area contributed by atoms with Gasteiger partial charge in [0.25, 0.3) is 0 Å². The third-order valence-corrected chi connectivity index (χ3v) is 5.26. The Morgan fingerprint density at radius 1 is 1.15 bits per heavy atom. The van der Waals surface area contributed by atoms with E-state index in [-0.39, 0.29) is 6.10 Å². The summed E-state index contributed by atoms with van der Waals surface area (Å²) in [6.45, 7) is 1.90. The topological polar surface area (TPSA) is 67.3 Å². The molecule has 3 aromatic rings. The van der Waals surface area contributed by atoms with Crippen molar-refractivity contribution < 1.29 is 9.84 Å². The van der Waals surface area contributed by atoms with Gasteiger partial charge in [0.1, 0.15) is 16.7 Å². The number of aromatic nitrogens is 2. The molecule has 0 bridgehead atoms. The molecule has 5 nitrogen and oxygen atoms in total. The van der Waals surface area contributed by atoms with Gasteiger partial charge in [-0.15, -0.1) is 0 Å². The zero-order valence-electron chi connectivity index (χ0n) is 15.2. The SMILES string of the molecule is C[C@]1(O)CC[C@H](Oc2ccc3c(Nc4ccc(Cl)nc4)nccc3c2)CC1. The molecule has 2 aromatic heterocycles. The monoisotopic (exact) mass is 383 g/mol. The molecule has 27 heavy (non-hydrogen) atoms. The van der Waals surface area contributed by atoms with Crippen molar-refractivity contribution in [3.63, 3.8) is 0 Å². The van der Waals surface area contributed by atoms with E-state index in [2.05, 4.69) is 15.3 Å². The number of nitrogens with one attached hydrogen (secondary N) is 1. The van der Waals surface area contributed by atoms with Crippen molar-refractivity contribution in [1.29, 1.82) is 0 Å². The van der Waals surface area contributed by atoms with Crippen LogP contribution >= 0.6 is 11.6 Å². The molecule has 6 heteroatoms. The van der Waals surface area contributed by atoms with E-state index in [1.54, 1.807) is 18.5 Å². The highest BCUT2D eigenvalue weighted by Gasteiger charge is 2.29. The zero-order valence-corrected chi connectivity index (χ0v) is 15.9. The molecule has 2 N–H and O–H groups in total. The van der Waals surface area contributed by atoms with E-state index in [9.17, 15) is 5.11 Å². The average Bonchev–Trinajstić information content (AvgIpc) is 2.65. The summed E-state index contributed by atoms with van der Waals surface area (Å²) >= 11 is 5.84. The first-order valence-electron chi connectivity index (χ1n) is 9.15. The van der Waals surface area contributed by atoms with Crippen molar-refractivity contribution in [3.8, 4) is 5.75 Å². The third-order valence-electron chi connectivity index (χ3n) is 5.04. The minimum Gasteiger partial charge on any atom is -0.490 e. The average molecular weight is 384 g/mol. The molecule has 0 aliphatic heterocycles. The number of aliphatic hydroxyl groups is 1. The van der Waals surface area contributed by atoms with Crippen LogP contribution in [0.25, 0.3) is 10.8 Å².